The Hall–Kier alpha value is -1.83. The quantitative estimate of drug-likeness (QED) is 0.552. The van der Waals surface area contributed by atoms with Crippen molar-refractivity contribution < 1.29 is 19.8 Å². The lowest BCUT2D eigenvalue weighted by Crippen LogP contribution is -2.62. The third kappa shape index (κ3) is 5.16. The van der Waals surface area contributed by atoms with Gasteiger partial charge >= 0.3 is 6.03 Å². The Labute approximate surface area is 189 Å². The van der Waals surface area contributed by atoms with Crippen LogP contribution < -0.4 is 10.6 Å². The second kappa shape index (κ2) is 9.35. The van der Waals surface area contributed by atoms with Crippen molar-refractivity contribution in [3.05, 3.63) is 34.9 Å². The first-order chi connectivity index (χ1) is 14.5. The van der Waals surface area contributed by atoms with Crippen molar-refractivity contribution in [2.45, 2.75) is 76.7 Å². The molecule has 0 radical (unpaired) electrons. The molecule has 1 saturated carbocycles. The Morgan fingerprint density at radius 3 is 2.35 bits per heavy atom. The van der Waals surface area contributed by atoms with Crippen LogP contribution in [0.5, 0.6) is 0 Å². The van der Waals surface area contributed by atoms with Gasteiger partial charge in [0.2, 0.25) is 5.91 Å². The van der Waals surface area contributed by atoms with Gasteiger partial charge in [0.15, 0.2) is 0 Å². The van der Waals surface area contributed by atoms with Gasteiger partial charge in [-0.05, 0) is 43.9 Å². The van der Waals surface area contributed by atoms with Crippen molar-refractivity contribution in [3.63, 3.8) is 0 Å². The molecule has 0 aromatic heterocycles. The number of carbonyl (C=O) groups is 2. The zero-order valence-electron chi connectivity index (χ0n) is 18.5. The van der Waals surface area contributed by atoms with Gasteiger partial charge in [-0.3, -0.25) is 4.79 Å². The number of nitrogens with one attached hydrogen (secondary N) is 2. The van der Waals surface area contributed by atoms with Gasteiger partial charge in [0.25, 0.3) is 0 Å². The number of urea groups is 1. The lowest BCUT2D eigenvalue weighted by Gasteiger charge is -2.51. The van der Waals surface area contributed by atoms with Crippen LogP contribution >= 0.6 is 11.6 Å². The Kier molecular flexibility index (Phi) is 7.18. The predicted molar refractivity (Wildman–Crippen MR) is 120 cm³/mol. The van der Waals surface area contributed by atoms with Crippen LogP contribution in [0.3, 0.4) is 0 Å². The molecule has 8 heteroatoms. The molecule has 1 saturated heterocycles. The number of halogens is 1. The molecular weight excluding hydrogens is 418 g/mol. The van der Waals surface area contributed by atoms with Gasteiger partial charge in [-0.15, -0.1) is 0 Å². The van der Waals surface area contributed by atoms with Gasteiger partial charge in [0.05, 0.1) is 11.7 Å². The topological polar surface area (TPSA) is 102 Å². The normalized spacial score (nSPS) is 25.7. The van der Waals surface area contributed by atoms with Crippen LogP contribution in [0.15, 0.2) is 24.3 Å². The molecule has 172 valence electrons. The highest BCUT2D eigenvalue weighted by molar-refractivity contribution is 6.30. The molecule has 1 aliphatic heterocycles. The van der Waals surface area contributed by atoms with Crippen molar-refractivity contribution in [2.75, 3.05) is 13.1 Å². The van der Waals surface area contributed by atoms with Crippen molar-refractivity contribution in [1.29, 1.82) is 0 Å². The van der Waals surface area contributed by atoms with Gasteiger partial charge in [-0.1, -0.05) is 50.4 Å². The molecule has 3 atom stereocenters. The summed E-state index contributed by atoms with van der Waals surface area (Å²) in [6.45, 7) is 5.94. The number of rotatable bonds is 5. The molecule has 7 nitrogen and oxygen atoms in total. The van der Waals surface area contributed by atoms with Gasteiger partial charge in [-0.25, -0.2) is 4.79 Å². The predicted octanol–water partition coefficient (Wildman–Crippen LogP) is 2.78. The molecule has 1 aromatic carbocycles. The lowest BCUT2D eigenvalue weighted by molar-refractivity contribution is -0.156. The van der Waals surface area contributed by atoms with Crippen LogP contribution in [0.25, 0.3) is 0 Å². The summed E-state index contributed by atoms with van der Waals surface area (Å²) in [4.78, 5) is 27.2. The minimum atomic E-state index is -1.12. The largest absolute Gasteiger partial charge is 0.391 e. The SMILES string of the molecule is CC(O)[C@@H](NC(=O)NC1CCCC1)C(=O)N1CC[C@](O)(c2ccc(Cl)cc2)C(C)(C)C1. The first kappa shape index (κ1) is 23.8. The fourth-order valence-electron chi connectivity index (χ4n) is 4.79. The van der Waals surface area contributed by atoms with E-state index in [-0.39, 0.29) is 11.9 Å². The summed E-state index contributed by atoms with van der Waals surface area (Å²) in [5, 5.41) is 27.9. The number of piperidine rings is 1. The average Bonchev–Trinajstić information content (AvgIpc) is 3.21. The summed E-state index contributed by atoms with van der Waals surface area (Å²) in [5.74, 6) is -0.345. The Balaban J connectivity index is 1.69. The summed E-state index contributed by atoms with van der Waals surface area (Å²) in [7, 11) is 0. The van der Waals surface area contributed by atoms with Crippen LogP contribution in [0.4, 0.5) is 4.79 Å². The molecule has 4 N–H and O–H groups in total. The monoisotopic (exact) mass is 451 g/mol. The van der Waals surface area contributed by atoms with Crippen LogP contribution in [0, 0.1) is 5.41 Å². The Morgan fingerprint density at radius 2 is 1.81 bits per heavy atom. The maximum absolute atomic E-state index is 13.2. The zero-order valence-corrected chi connectivity index (χ0v) is 19.3. The van der Waals surface area contributed by atoms with E-state index in [1.165, 1.54) is 6.92 Å². The van der Waals surface area contributed by atoms with Gasteiger partial charge in [0.1, 0.15) is 6.04 Å². The van der Waals surface area contributed by atoms with Gasteiger partial charge in [-0.2, -0.15) is 0 Å². The van der Waals surface area contributed by atoms with E-state index >= 15 is 0 Å². The lowest BCUT2D eigenvalue weighted by atomic mass is 9.66. The molecule has 1 heterocycles. The summed E-state index contributed by atoms with van der Waals surface area (Å²) in [5.41, 5.74) is -1.01. The molecule has 31 heavy (non-hydrogen) atoms. The molecule has 3 amide bonds. The summed E-state index contributed by atoms with van der Waals surface area (Å²) in [6, 6.07) is 5.77. The van der Waals surface area contributed by atoms with Gasteiger partial charge < -0.3 is 25.7 Å². The number of benzene rings is 1. The molecule has 3 rings (SSSR count). The third-order valence-electron chi connectivity index (χ3n) is 6.81. The van der Waals surface area contributed by atoms with Crippen LogP contribution in [-0.2, 0) is 10.4 Å². The summed E-state index contributed by atoms with van der Waals surface area (Å²) < 4.78 is 0. The number of carbonyl (C=O) groups excluding carboxylic acids is 2. The van der Waals surface area contributed by atoms with E-state index in [0.717, 1.165) is 31.2 Å². The van der Waals surface area contributed by atoms with E-state index < -0.39 is 29.2 Å². The summed E-state index contributed by atoms with van der Waals surface area (Å²) in [6.07, 6.45) is 3.34. The second-order valence-corrected chi connectivity index (χ2v) is 10.0. The highest BCUT2D eigenvalue weighted by atomic mass is 35.5. The smallest absolute Gasteiger partial charge is 0.315 e. The van der Waals surface area contributed by atoms with E-state index in [2.05, 4.69) is 10.6 Å². The minimum Gasteiger partial charge on any atom is -0.391 e. The van der Waals surface area contributed by atoms with E-state index in [9.17, 15) is 19.8 Å². The van der Waals surface area contributed by atoms with Crippen LogP contribution in [-0.4, -0.2) is 58.3 Å². The van der Waals surface area contributed by atoms with E-state index in [1.54, 1.807) is 17.0 Å². The van der Waals surface area contributed by atoms with E-state index in [4.69, 9.17) is 11.6 Å². The number of likely N-dealkylation sites (tertiary alicyclic amines) is 1. The second-order valence-electron chi connectivity index (χ2n) is 9.58. The van der Waals surface area contributed by atoms with E-state index in [1.807, 2.05) is 26.0 Å². The van der Waals surface area contributed by atoms with Crippen molar-refractivity contribution in [2.24, 2.45) is 5.41 Å². The molecule has 1 unspecified atom stereocenters. The molecular formula is C23H34ClN3O4. The first-order valence-electron chi connectivity index (χ1n) is 11.1. The number of hydrogen-bond acceptors (Lipinski definition) is 4. The molecule has 0 spiro atoms. The van der Waals surface area contributed by atoms with Crippen molar-refractivity contribution in [3.8, 4) is 0 Å². The van der Waals surface area contributed by atoms with E-state index in [0.29, 0.717) is 24.5 Å². The minimum absolute atomic E-state index is 0.119. The zero-order chi connectivity index (χ0) is 22.8. The molecule has 1 aromatic rings. The van der Waals surface area contributed by atoms with Crippen LogP contribution in [0.1, 0.15) is 58.4 Å². The first-order valence-corrected chi connectivity index (χ1v) is 11.4. The number of nitrogens with zero attached hydrogens (tertiary/aromatic N) is 1. The molecule has 2 fully saturated rings. The maximum atomic E-state index is 13.2. The standard InChI is InChI=1S/C23H34ClN3O4/c1-15(28)19(26-21(30)25-18-6-4-5-7-18)20(29)27-13-12-23(31,22(2,3)14-27)16-8-10-17(24)11-9-16/h8-11,15,18-19,28,31H,4-7,12-14H2,1-3H3,(H2,25,26,30)/t15?,19-,23+/m1/s1. The fraction of sp³-hybridized carbons (Fsp3) is 0.652. The number of aliphatic hydroxyl groups is 2. The maximum Gasteiger partial charge on any atom is 0.315 e. The Bertz CT molecular complexity index is 793. The Morgan fingerprint density at radius 1 is 1.19 bits per heavy atom. The highest BCUT2D eigenvalue weighted by Gasteiger charge is 2.50. The molecule has 1 aliphatic carbocycles. The van der Waals surface area contributed by atoms with Gasteiger partial charge in [0, 0.05) is 29.6 Å². The fourth-order valence-corrected chi connectivity index (χ4v) is 4.92. The number of amides is 3. The summed E-state index contributed by atoms with van der Waals surface area (Å²) >= 11 is 5.99. The molecule has 2 aliphatic rings. The van der Waals surface area contributed by atoms with Crippen molar-refractivity contribution in [1.82, 2.24) is 15.5 Å². The average molecular weight is 452 g/mol. The van der Waals surface area contributed by atoms with Crippen LogP contribution in [0.2, 0.25) is 5.02 Å². The number of hydrogen-bond donors (Lipinski definition) is 4. The third-order valence-corrected chi connectivity index (χ3v) is 7.06. The van der Waals surface area contributed by atoms with Crippen molar-refractivity contribution >= 4 is 23.5 Å². The number of aliphatic hydroxyl groups excluding tert-OH is 1. The highest BCUT2D eigenvalue weighted by Crippen LogP contribution is 2.46. The molecule has 0 bridgehead atoms.